The van der Waals surface area contributed by atoms with Crippen LogP contribution in [0.3, 0.4) is 0 Å². The summed E-state index contributed by atoms with van der Waals surface area (Å²) in [5.41, 5.74) is 1.14. The highest BCUT2D eigenvalue weighted by Crippen LogP contribution is 2.35. The van der Waals surface area contributed by atoms with E-state index in [1.165, 1.54) is 24.3 Å². The second kappa shape index (κ2) is 9.14. The molecular weight excluding hydrogens is 430 g/mol. The van der Waals surface area contributed by atoms with Crippen molar-refractivity contribution in [3.63, 3.8) is 0 Å². The highest BCUT2D eigenvalue weighted by molar-refractivity contribution is 6.07. The average molecular weight is 447 g/mol. The zero-order valence-electron chi connectivity index (χ0n) is 17.1. The largest absolute Gasteiger partial charge is 0.482 e. The minimum Gasteiger partial charge on any atom is -0.482 e. The molecule has 0 spiro atoms. The first-order valence-electron chi connectivity index (χ1n) is 9.73. The Morgan fingerprint density at radius 1 is 1.06 bits per heavy atom. The van der Waals surface area contributed by atoms with E-state index < -0.39 is 16.7 Å². The number of non-ortho nitro benzene ring substituents is 1. The van der Waals surface area contributed by atoms with Gasteiger partial charge in [-0.1, -0.05) is 6.07 Å². The summed E-state index contributed by atoms with van der Waals surface area (Å²) in [6.45, 7) is -0.674. The highest BCUT2D eigenvalue weighted by Gasteiger charge is 2.29. The first-order chi connectivity index (χ1) is 15.9. The van der Waals surface area contributed by atoms with E-state index in [2.05, 4.69) is 15.6 Å². The van der Waals surface area contributed by atoms with Crippen molar-refractivity contribution >= 4 is 40.5 Å². The SMILES string of the molecule is O=C(CN1C(=O)COc2ccc([N+](=O)[O-])cc21)Nc1cccc(C(=O)Nc2ccncc2)c1. The third-order valence-corrected chi connectivity index (χ3v) is 4.74. The second-order valence-electron chi connectivity index (χ2n) is 7.00. The van der Waals surface area contributed by atoms with Gasteiger partial charge in [0.15, 0.2) is 6.61 Å². The van der Waals surface area contributed by atoms with Crippen molar-refractivity contribution in [2.24, 2.45) is 0 Å². The standard InChI is InChI=1S/C22H17N5O6/c28-20(12-26-18-11-17(27(31)32)4-5-19(18)33-13-21(26)29)24-16-3-1-2-14(10-16)22(30)25-15-6-8-23-9-7-15/h1-11H,12-13H2,(H,24,28)(H,23,25,30). The van der Waals surface area contributed by atoms with Gasteiger partial charge in [-0.15, -0.1) is 0 Å². The van der Waals surface area contributed by atoms with Crippen LogP contribution >= 0.6 is 0 Å². The zero-order chi connectivity index (χ0) is 23.4. The number of carbonyl (C=O) groups is 3. The van der Waals surface area contributed by atoms with Crippen LogP contribution in [0.1, 0.15) is 10.4 Å². The highest BCUT2D eigenvalue weighted by atomic mass is 16.6. The van der Waals surface area contributed by atoms with Gasteiger partial charge in [0.1, 0.15) is 12.3 Å². The average Bonchev–Trinajstić information content (AvgIpc) is 2.81. The van der Waals surface area contributed by atoms with Crippen LogP contribution in [-0.2, 0) is 9.59 Å². The molecule has 166 valence electrons. The maximum atomic E-state index is 12.6. The van der Waals surface area contributed by atoms with Gasteiger partial charge in [-0.05, 0) is 36.4 Å². The number of pyridine rings is 1. The third kappa shape index (κ3) is 4.93. The number of fused-ring (bicyclic) bond motifs is 1. The van der Waals surface area contributed by atoms with Gasteiger partial charge >= 0.3 is 0 Å². The molecular formula is C22H17N5O6. The number of nitro benzene ring substituents is 1. The van der Waals surface area contributed by atoms with E-state index in [1.54, 1.807) is 42.7 Å². The molecule has 0 saturated carbocycles. The van der Waals surface area contributed by atoms with E-state index in [0.717, 1.165) is 4.90 Å². The normalized spacial score (nSPS) is 12.4. The molecule has 4 rings (SSSR count). The minimum atomic E-state index is -0.597. The predicted octanol–water partition coefficient (Wildman–Crippen LogP) is 2.61. The number of nitro groups is 1. The molecule has 1 aliphatic rings. The van der Waals surface area contributed by atoms with Crippen LogP contribution < -0.4 is 20.3 Å². The summed E-state index contributed by atoms with van der Waals surface area (Å²) in [5, 5.41) is 16.4. The summed E-state index contributed by atoms with van der Waals surface area (Å²) in [7, 11) is 0. The summed E-state index contributed by atoms with van der Waals surface area (Å²) < 4.78 is 5.30. The van der Waals surface area contributed by atoms with Gasteiger partial charge in [-0.3, -0.25) is 34.4 Å². The van der Waals surface area contributed by atoms with E-state index >= 15 is 0 Å². The fraction of sp³-hybridized carbons (Fsp3) is 0.0909. The lowest BCUT2D eigenvalue weighted by atomic mass is 10.1. The first kappa shape index (κ1) is 21.4. The maximum Gasteiger partial charge on any atom is 0.271 e. The fourth-order valence-corrected chi connectivity index (χ4v) is 3.20. The molecule has 0 aliphatic carbocycles. The number of aromatic nitrogens is 1. The quantitative estimate of drug-likeness (QED) is 0.437. The van der Waals surface area contributed by atoms with Crippen LogP contribution in [0.25, 0.3) is 0 Å². The van der Waals surface area contributed by atoms with Crippen LogP contribution in [0, 0.1) is 10.1 Å². The van der Waals surface area contributed by atoms with Gasteiger partial charge in [-0.25, -0.2) is 0 Å². The van der Waals surface area contributed by atoms with E-state index in [0.29, 0.717) is 16.9 Å². The lowest BCUT2D eigenvalue weighted by Gasteiger charge is -2.28. The van der Waals surface area contributed by atoms with E-state index in [-0.39, 0.29) is 36.2 Å². The molecule has 0 fully saturated rings. The smallest absolute Gasteiger partial charge is 0.271 e. The van der Waals surface area contributed by atoms with Crippen molar-refractivity contribution in [2.45, 2.75) is 0 Å². The molecule has 3 amide bonds. The van der Waals surface area contributed by atoms with Crippen LogP contribution in [0.15, 0.2) is 67.0 Å². The Morgan fingerprint density at radius 2 is 1.85 bits per heavy atom. The Balaban J connectivity index is 1.47. The number of benzene rings is 2. The van der Waals surface area contributed by atoms with Crippen LogP contribution in [0.4, 0.5) is 22.7 Å². The molecule has 1 aromatic heterocycles. The summed E-state index contributed by atoms with van der Waals surface area (Å²) in [6.07, 6.45) is 3.10. The minimum absolute atomic E-state index is 0.140. The second-order valence-corrected chi connectivity index (χ2v) is 7.00. The summed E-state index contributed by atoms with van der Waals surface area (Å²) in [6, 6.07) is 13.4. The Bertz CT molecular complexity index is 1250. The van der Waals surface area contributed by atoms with E-state index in [9.17, 15) is 24.5 Å². The number of rotatable bonds is 6. The maximum absolute atomic E-state index is 12.6. The molecule has 2 aromatic carbocycles. The van der Waals surface area contributed by atoms with Crippen molar-refractivity contribution in [3.05, 3.63) is 82.7 Å². The number of nitrogens with zero attached hydrogens (tertiary/aromatic N) is 3. The van der Waals surface area contributed by atoms with E-state index in [4.69, 9.17) is 4.74 Å². The van der Waals surface area contributed by atoms with Crippen LogP contribution in [0.5, 0.6) is 5.75 Å². The van der Waals surface area contributed by atoms with Crippen LogP contribution in [0.2, 0.25) is 0 Å². The molecule has 0 radical (unpaired) electrons. The Labute approximate surface area is 187 Å². The van der Waals surface area contributed by atoms with Gasteiger partial charge in [0.25, 0.3) is 17.5 Å². The Morgan fingerprint density at radius 3 is 2.61 bits per heavy atom. The number of ether oxygens (including phenoxy) is 1. The molecule has 1 aliphatic heterocycles. The number of carbonyl (C=O) groups excluding carboxylic acids is 3. The molecule has 3 aromatic rings. The lowest BCUT2D eigenvalue weighted by Crippen LogP contribution is -2.43. The number of amides is 3. The van der Waals surface area contributed by atoms with Crippen molar-refractivity contribution in [1.29, 1.82) is 0 Å². The molecule has 0 unspecified atom stereocenters. The van der Waals surface area contributed by atoms with E-state index in [1.807, 2.05) is 0 Å². The topological polar surface area (TPSA) is 144 Å². The third-order valence-electron chi connectivity index (χ3n) is 4.74. The zero-order valence-corrected chi connectivity index (χ0v) is 17.1. The van der Waals surface area contributed by atoms with Gasteiger partial charge < -0.3 is 15.4 Å². The first-order valence-corrected chi connectivity index (χ1v) is 9.73. The fourth-order valence-electron chi connectivity index (χ4n) is 3.20. The van der Waals surface area contributed by atoms with Crippen molar-refractivity contribution in [2.75, 3.05) is 28.7 Å². The van der Waals surface area contributed by atoms with Gasteiger partial charge in [0.2, 0.25) is 5.91 Å². The number of hydrogen-bond acceptors (Lipinski definition) is 7. The molecule has 0 saturated heterocycles. The Hall–Kier alpha value is -4.80. The number of nitrogens with one attached hydrogen (secondary N) is 2. The summed E-state index contributed by atoms with van der Waals surface area (Å²) in [4.78, 5) is 52.9. The molecule has 0 atom stereocenters. The van der Waals surface area contributed by atoms with Gasteiger partial charge in [-0.2, -0.15) is 0 Å². The molecule has 11 heteroatoms. The van der Waals surface area contributed by atoms with Gasteiger partial charge in [0.05, 0.1) is 10.6 Å². The van der Waals surface area contributed by atoms with Crippen molar-refractivity contribution < 1.29 is 24.0 Å². The summed E-state index contributed by atoms with van der Waals surface area (Å²) >= 11 is 0. The molecule has 2 N–H and O–H groups in total. The molecule has 33 heavy (non-hydrogen) atoms. The van der Waals surface area contributed by atoms with Crippen molar-refractivity contribution in [1.82, 2.24) is 4.98 Å². The number of hydrogen-bond donors (Lipinski definition) is 2. The predicted molar refractivity (Wildman–Crippen MR) is 118 cm³/mol. The molecule has 0 bridgehead atoms. The lowest BCUT2D eigenvalue weighted by molar-refractivity contribution is -0.384. The number of anilines is 3. The summed E-state index contributed by atoms with van der Waals surface area (Å²) in [5.74, 6) is -1.16. The van der Waals surface area contributed by atoms with Crippen LogP contribution in [-0.4, -0.2) is 40.8 Å². The Kier molecular flexibility index (Phi) is 5.94. The van der Waals surface area contributed by atoms with Crippen molar-refractivity contribution in [3.8, 4) is 5.75 Å². The molecule has 2 heterocycles. The van der Waals surface area contributed by atoms with Gasteiger partial charge in [0, 0.05) is 41.5 Å². The monoisotopic (exact) mass is 447 g/mol. The molecule has 11 nitrogen and oxygen atoms in total.